The number of aromatic nitrogens is 4. The predicted molar refractivity (Wildman–Crippen MR) is 98.8 cm³/mol. The van der Waals surface area contributed by atoms with Gasteiger partial charge >= 0.3 is 0 Å². The summed E-state index contributed by atoms with van der Waals surface area (Å²) in [4.78, 5) is 12.3. The van der Waals surface area contributed by atoms with Crippen molar-refractivity contribution in [3.8, 4) is 0 Å². The molecule has 1 aromatic heterocycles. The first-order chi connectivity index (χ1) is 13.6. The summed E-state index contributed by atoms with van der Waals surface area (Å²) in [5.74, 6) is 0.426. The molecule has 1 saturated heterocycles. The third-order valence-corrected chi connectivity index (χ3v) is 5.50. The first-order valence-electron chi connectivity index (χ1n) is 9.78. The van der Waals surface area contributed by atoms with Crippen LogP contribution < -0.4 is 10.6 Å². The molecule has 1 atom stereocenters. The van der Waals surface area contributed by atoms with Gasteiger partial charge in [-0.25, -0.2) is 9.07 Å². The van der Waals surface area contributed by atoms with Crippen molar-refractivity contribution in [1.82, 2.24) is 30.8 Å². The summed E-state index contributed by atoms with van der Waals surface area (Å²) >= 11 is 0. The molecule has 4 rings (SSSR count). The minimum atomic E-state index is -0.511. The molecule has 9 heteroatoms. The van der Waals surface area contributed by atoms with Crippen molar-refractivity contribution in [2.45, 2.75) is 56.8 Å². The molecule has 0 spiro atoms. The highest BCUT2D eigenvalue weighted by atomic mass is 19.1. The van der Waals surface area contributed by atoms with E-state index in [9.17, 15) is 9.18 Å². The lowest BCUT2D eigenvalue weighted by molar-refractivity contribution is -0.127. The Labute approximate surface area is 162 Å². The summed E-state index contributed by atoms with van der Waals surface area (Å²) in [6, 6.07) is 6.02. The van der Waals surface area contributed by atoms with Gasteiger partial charge in [-0.1, -0.05) is 12.1 Å². The number of hydrogen-bond acceptors (Lipinski definition) is 6. The summed E-state index contributed by atoms with van der Waals surface area (Å²) in [6.45, 7) is 3.77. The number of rotatable bonds is 7. The summed E-state index contributed by atoms with van der Waals surface area (Å²) in [6.07, 6.45) is 3.24. The van der Waals surface area contributed by atoms with E-state index in [4.69, 9.17) is 4.74 Å². The number of tetrazole rings is 1. The Kier molecular flexibility index (Phi) is 5.36. The first kappa shape index (κ1) is 18.9. The van der Waals surface area contributed by atoms with Gasteiger partial charge < -0.3 is 10.1 Å². The zero-order valence-electron chi connectivity index (χ0n) is 15.9. The quantitative estimate of drug-likeness (QED) is 0.738. The van der Waals surface area contributed by atoms with Gasteiger partial charge in [-0.15, -0.1) is 5.10 Å². The SMILES string of the molecule is CCOC1CC(N[C@H]2CCCNC2=O)(c2nnnn2Cc2ccc(F)cc2)C1. The van der Waals surface area contributed by atoms with E-state index in [1.54, 1.807) is 16.8 Å². The van der Waals surface area contributed by atoms with E-state index in [-0.39, 0.29) is 23.9 Å². The molecule has 8 nitrogen and oxygen atoms in total. The van der Waals surface area contributed by atoms with Gasteiger partial charge in [0.25, 0.3) is 0 Å². The minimum absolute atomic E-state index is 0.0167. The lowest BCUT2D eigenvalue weighted by Crippen LogP contribution is -2.63. The van der Waals surface area contributed by atoms with E-state index in [0.29, 0.717) is 38.4 Å². The van der Waals surface area contributed by atoms with Crippen LogP contribution in [0.2, 0.25) is 0 Å². The summed E-state index contributed by atoms with van der Waals surface area (Å²) in [7, 11) is 0. The largest absolute Gasteiger partial charge is 0.378 e. The maximum atomic E-state index is 13.2. The molecule has 0 bridgehead atoms. The van der Waals surface area contributed by atoms with E-state index in [1.165, 1.54) is 12.1 Å². The summed E-state index contributed by atoms with van der Waals surface area (Å²) < 4.78 is 20.7. The second-order valence-electron chi connectivity index (χ2n) is 7.48. The molecule has 1 amide bonds. The van der Waals surface area contributed by atoms with Crippen molar-refractivity contribution in [1.29, 1.82) is 0 Å². The van der Waals surface area contributed by atoms with Crippen LogP contribution in [0.4, 0.5) is 4.39 Å². The Morgan fingerprint density at radius 1 is 1.36 bits per heavy atom. The van der Waals surface area contributed by atoms with Gasteiger partial charge in [-0.3, -0.25) is 10.1 Å². The average Bonchev–Trinajstić information content (AvgIpc) is 3.12. The van der Waals surface area contributed by atoms with Gasteiger partial charge in [0.15, 0.2) is 5.82 Å². The van der Waals surface area contributed by atoms with Crippen LogP contribution in [0.1, 0.15) is 44.0 Å². The van der Waals surface area contributed by atoms with Crippen LogP contribution in [0.15, 0.2) is 24.3 Å². The van der Waals surface area contributed by atoms with Crippen LogP contribution in [-0.4, -0.2) is 51.4 Å². The molecular formula is C19H25FN6O2. The van der Waals surface area contributed by atoms with Crippen LogP contribution in [-0.2, 0) is 21.6 Å². The Morgan fingerprint density at radius 2 is 2.14 bits per heavy atom. The van der Waals surface area contributed by atoms with Crippen LogP contribution >= 0.6 is 0 Å². The van der Waals surface area contributed by atoms with Crippen molar-refractivity contribution in [2.75, 3.05) is 13.2 Å². The number of hydrogen-bond donors (Lipinski definition) is 2. The molecule has 150 valence electrons. The van der Waals surface area contributed by atoms with E-state index in [0.717, 1.165) is 18.4 Å². The lowest BCUT2D eigenvalue weighted by Gasteiger charge is -2.48. The summed E-state index contributed by atoms with van der Waals surface area (Å²) in [5.41, 5.74) is 0.393. The normalized spacial score (nSPS) is 27.3. The minimum Gasteiger partial charge on any atom is -0.378 e. The van der Waals surface area contributed by atoms with Crippen molar-refractivity contribution in [3.05, 3.63) is 41.5 Å². The number of carbonyl (C=O) groups is 1. The molecule has 0 radical (unpaired) electrons. The molecule has 1 aromatic carbocycles. The van der Waals surface area contributed by atoms with Gasteiger partial charge in [0.2, 0.25) is 5.91 Å². The monoisotopic (exact) mass is 388 g/mol. The molecule has 2 fully saturated rings. The average molecular weight is 388 g/mol. The van der Waals surface area contributed by atoms with E-state index >= 15 is 0 Å². The van der Waals surface area contributed by atoms with Crippen LogP contribution in [0.5, 0.6) is 0 Å². The number of ether oxygens (including phenoxy) is 1. The second-order valence-corrected chi connectivity index (χ2v) is 7.48. The van der Waals surface area contributed by atoms with E-state index in [1.807, 2.05) is 6.92 Å². The van der Waals surface area contributed by atoms with Gasteiger partial charge in [0, 0.05) is 13.2 Å². The fraction of sp³-hybridized carbons (Fsp3) is 0.579. The van der Waals surface area contributed by atoms with Gasteiger partial charge in [-0.05, 0) is 60.7 Å². The Hall–Kier alpha value is -2.39. The number of halogens is 1. The number of amides is 1. The maximum absolute atomic E-state index is 13.2. The molecule has 1 aliphatic carbocycles. The number of carbonyl (C=O) groups excluding carboxylic acids is 1. The topological polar surface area (TPSA) is 94.0 Å². The smallest absolute Gasteiger partial charge is 0.237 e. The van der Waals surface area contributed by atoms with Gasteiger partial charge in [-0.2, -0.15) is 0 Å². The molecule has 2 heterocycles. The molecule has 28 heavy (non-hydrogen) atoms. The van der Waals surface area contributed by atoms with Crippen molar-refractivity contribution < 1.29 is 13.9 Å². The number of nitrogens with zero attached hydrogens (tertiary/aromatic N) is 4. The molecule has 2 N–H and O–H groups in total. The van der Waals surface area contributed by atoms with Crippen molar-refractivity contribution in [2.24, 2.45) is 0 Å². The standard InChI is InChI=1S/C19H25FN6O2/c1-2-28-15-10-19(11-15,22-16-4-3-9-21-17(16)27)18-23-24-25-26(18)12-13-5-7-14(20)8-6-13/h5-8,15-16,22H,2-4,9-12H2,1H3,(H,21,27)/t15?,16-,19?/m0/s1. The number of piperidine rings is 1. The fourth-order valence-corrected chi connectivity index (χ4v) is 4.10. The molecule has 2 aliphatic rings. The molecule has 0 unspecified atom stereocenters. The number of benzene rings is 1. The van der Waals surface area contributed by atoms with Gasteiger partial charge in [0.1, 0.15) is 5.82 Å². The Balaban J connectivity index is 1.58. The van der Waals surface area contributed by atoms with Gasteiger partial charge in [0.05, 0.1) is 24.2 Å². The van der Waals surface area contributed by atoms with E-state index in [2.05, 4.69) is 26.2 Å². The zero-order valence-corrected chi connectivity index (χ0v) is 15.9. The Bertz CT molecular complexity index is 818. The highest BCUT2D eigenvalue weighted by molar-refractivity contribution is 5.82. The van der Waals surface area contributed by atoms with Crippen LogP contribution in [0, 0.1) is 5.82 Å². The molecule has 1 saturated carbocycles. The second kappa shape index (κ2) is 7.92. The van der Waals surface area contributed by atoms with Crippen molar-refractivity contribution >= 4 is 5.91 Å². The molecule has 2 aromatic rings. The zero-order chi connectivity index (χ0) is 19.6. The summed E-state index contributed by atoms with van der Waals surface area (Å²) in [5, 5.41) is 18.8. The maximum Gasteiger partial charge on any atom is 0.237 e. The number of nitrogens with one attached hydrogen (secondary N) is 2. The third-order valence-electron chi connectivity index (χ3n) is 5.50. The lowest BCUT2D eigenvalue weighted by atomic mass is 9.72. The third kappa shape index (κ3) is 3.77. The molecule has 1 aliphatic heterocycles. The van der Waals surface area contributed by atoms with Crippen LogP contribution in [0.3, 0.4) is 0 Å². The van der Waals surface area contributed by atoms with Crippen LogP contribution in [0.25, 0.3) is 0 Å². The van der Waals surface area contributed by atoms with E-state index < -0.39 is 5.54 Å². The predicted octanol–water partition coefficient (Wildman–Crippen LogP) is 1.12. The first-order valence-corrected chi connectivity index (χ1v) is 9.78. The van der Waals surface area contributed by atoms with Crippen molar-refractivity contribution in [3.63, 3.8) is 0 Å². The fourth-order valence-electron chi connectivity index (χ4n) is 4.10. The Morgan fingerprint density at radius 3 is 2.86 bits per heavy atom. The highest BCUT2D eigenvalue weighted by Crippen LogP contribution is 2.43. The molecular weight excluding hydrogens is 363 g/mol. The highest BCUT2D eigenvalue weighted by Gasteiger charge is 2.51.